The molecule has 0 amide bonds. The monoisotopic (exact) mass is 367 g/mol. The summed E-state index contributed by atoms with van der Waals surface area (Å²) in [5, 5.41) is 17.7. The van der Waals surface area contributed by atoms with Gasteiger partial charge in [-0.05, 0) is 25.5 Å². The van der Waals surface area contributed by atoms with E-state index in [1.54, 1.807) is 25.2 Å². The van der Waals surface area contributed by atoms with Crippen LogP contribution in [0.25, 0.3) is 0 Å². The topological polar surface area (TPSA) is 82.8 Å². The summed E-state index contributed by atoms with van der Waals surface area (Å²) in [7, 11) is 1.71. The lowest BCUT2D eigenvalue weighted by molar-refractivity contribution is -0.385. The van der Waals surface area contributed by atoms with Crippen molar-refractivity contribution in [1.82, 2.24) is 10.6 Å². The molecule has 1 fully saturated rings. The molecule has 0 saturated carbocycles. The molecule has 1 aliphatic rings. The molecule has 0 bridgehead atoms. The Bertz CT molecular complexity index is 819. The van der Waals surface area contributed by atoms with Gasteiger partial charge in [-0.1, -0.05) is 35.9 Å². The van der Waals surface area contributed by atoms with Gasteiger partial charge in [0.2, 0.25) is 0 Å². The minimum absolute atomic E-state index is 0.117. The molecule has 0 aliphatic carbocycles. The summed E-state index contributed by atoms with van der Waals surface area (Å²) >= 11 is 0. The van der Waals surface area contributed by atoms with E-state index < -0.39 is 0 Å². The van der Waals surface area contributed by atoms with Crippen LogP contribution in [-0.4, -0.2) is 37.1 Å². The fraction of sp³-hybridized carbons (Fsp3) is 0.350. The summed E-state index contributed by atoms with van der Waals surface area (Å²) in [5.41, 5.74) is 3.24. The van der Waals surface area contributed by atoms with Crippen LogP contribution < -0.4 is 15.5 Å². The van der Waals surface area contributed by atoms with E-state index in [1.807, 2.05) is 0 Å². The maximum atomic E-state index is 11.1. The number of aliphatic imine (C=N–C) groups is 1. The van der Waals surface area contributed by atoms with Gasteiger partial charge in [0.1, 0.15) is 0 Å². The van der Waals surface area contributed by atoms with Crippen LogP contribution >= 0.6 is 0 Å². The van der Waals surface area contributed by atoms with Crippen LogP contribution in [0.15, 0.2) is 53.5 Å². The Morgan fingerprint density at radius 1 is 1.26 bits per heavy atom. The molecule has 2 N–H and O–H groups in total. The van der Waals surface area contributed by atoms with E-state index in [9.17, 15) is 10.1 Å². The van der Waals surface area contributed by atoms with Crippen LogP contribution in [0.2, 0.25) is 0 Å². The third kappa shape index (κ3) is 4.75. The van der Waals surface area contributed by atoms with Crippen molar-refractivity contribution in [2.75, 3.05) is 25.0 Å². The average Bonchev–Trinajstić information content (AvgIpc) is 3.14. The van der Waals surface area contributed by atoms with E-state index in [2.05, 4.69) is 51.7 Å². The summed E-state index contributed by atoms with van der Waals surface area (Å²) in [4.78, 5) is 17.4. The van der Waals surface area contributed by atoms with Crippen LogP contribution in [0, 0.1) is 17.0 Å². The molecule has 0 radical (unpaired) electrons. The van der Waals surface area contributed by atoms with E-state index in [0.717, 1.165) is 19.5 Å². The molecule has 0 aromatic heterocycles. The Kier molecular flexibility index (Phi) is 5.90. The second kappa shape index (κ2) is 8.53. The zero-order chi connectivity index (χ0) is 19.2. The summed E-state index contributed by atoms with van der Waals surface area (Å²) in [6.07, 6.45) is 1.01. The number of nitro benzene ring substituents is 1. The Balaban J connectivity index is 1.55. The lowest BCUT2D eigenvalue weighted by atomic mass is 10.2. The Morgan fingerprint density at radius 2 is 2.00 bits per heavy atom. The van der Waals surface area contributed by atoms with Crippen LogP contribution in [0.4, 0.5) is 11.4 Å². The minimum Gasteiger partial charge on any atom is -0.369 e. The molecule has 7 heteroatoms. The molecule has 27 heavy (non-hydrogen) atoms. The maximum Gasteiger partial charge on any atom is 0.274 e. The third-order valence-corrected chi connectivity index (χ3v) is 4.79. The van der Waals surface area contributed by atoms with E-state index in [1.165, 1.54) is 17.3 Å². The summed E-state index contributed by atoms with van der Waals surface area (Å²) in [6.45, 7) is 4.33. The van der Waals surface area contributed by atoms with Crippen molar-refractivity contribution in [2.24, 2.45) is 4.99 Å². The molecule has 142 valence electrons. The highest BCUT2D eigenvalue weighted by molar-refractivity contribution is 5.80. The Morgan fingerprint density at radius 3 is 2.70 bits per heavy atom. The summed E-state index contributed by atoms with van der Waals surface area (Å²) in [6, 6.07) is 15.6. The van der Waals surface area contributed by atoms with E-state index >= 15 is 0 Å². The predicted octanol–water partition coefficient (Wildman–Crippen LogP) is 2.85. The van der Waals surface area contributed by atoms with Crippen molar-refractivity contribution in [2.45, 2.75) is 25.9 Å². The quantitative estimate of drug-likeness (QED) is 0.367. The molecule has 0 spiro atoms. The van der Waals surface area contributed by atoms with Crippen LogP contribution in [0.3, 0.4) is 0 Å². The van der Waals surface area contributed by atoms with Gasteiger partial charge < -0.3 is 15.5 Å². The average molecular weight is 367 g/mol. The second-order valence-electron chi connectivity index (χ2n) is 6.72. The first-order chi connectivity index (χ1) is 13.1. The van der Waals surface area contributed by atoms with Crippen LogP contribution in [-0.2, 0) is 6.54 Å². The van der Waals surface area contributed by atoms with Crippen molar-refractivity contribution in [3.63, 3.8) is 0 Å². The van der Waals surface area contributed by atoms with Crippen molar-refractivity contribution >= 4 is 17.3 Å². The molecule has 1 heterocycles. The minimum atomic E-state index is -0.358. The van der Waals surface area contributed by atoms with Crippen molar-refractivity contribution < 1.29 is 4.92 Å². The number of hydrogen-bond donors (Lipinski definition) is 2. The summed E-state index contributed by atoms with van der Waals surface area (Å²) < 4.78 is 0. The number of rotatable bonds is 5. The van der Waals surface area contributed by atoms with E-state index in [-0.39, 0.29) is 16.7 Å². The number of aryl methyl sites for hydroxylation is 1. The number of para-hydroxylation sites is 1. The fourth-order valence-electron chi connectivity index (χ4n) is 3.27. The first-order valence-electron chi connectivity index (χ1n) is 9.08. The maximum absolute atomic E-state index is 11.1. The number of nitro groups is 1. The zero-order valence-electron chi connectivity index (χ0n) is 15.7. The van der Waals surface area contributed by atoms with Crippen molar-refractivity contribution in [1.29, 1.82) is 0 Å². The largest absolute Gasteiger partial charge is 0.369 e. The van der Waals surface area contributed by atoms with Crippen molar-refractivity contribution in [3.05, 3.63) is 69.8 Å². The van der Waals surface area contributed by atoms with Gasteiger partial charge in [-0.25, -0.2) is 0 Å². The van der Waals surface area contributed by atoms with Gasteiger partial charge >= 0.3 is 0 Å². The van der Waals surface area contributed by atoms with E-state index in [4.69, 9.17) is 0 Å². The highest BCUT2D eigenvalue weighted by Crippen LogP contribution is 2.21. The highest BCUT2D eigenvalue weighted by atomic mass is 16.6. The van der Waals surface area contributed by atoms with Crippen LogP contribution in [0.1, 0.15) is 17.5 Å². The Labute approximate surface area is 159 Å². The lowest BCUT2D eigenvalue weighted by Crippen LogP contribution is -2.44. The number of benzene rings is 2. The third-order valence-electron chi connectivity index (χ3n) is 4.79. The molecular weight excluding hydrogens is 342 g/mol. The Hall–Kier alpha value is -3.09. The first kappa shape index (κ1) is 18.7. The summed E-state index contributed by atoms with van der Waals surface area (Å²) in [5.74, 6) is 0.656. The molecule has 2 aromatic carbocycles. The number of nitrogens with zero attached hydrogens (tertiary/aromatic N) is 3. The van der Waals surface area contributed by atoms with Crippen LogP contribution in [0.5, 0.6) is 0 Å². The van der Waals surface area contributed by atoms with Crippen molar-refractivity contribution in [3.8, 4) is 0 Å². The molecule has 7 nitrogen and oxygen atoms in total. The number of hydrogen-bond acceptors (Lipinski definition) is 4. The zero-order valence-corrected chi connectivity index (χ0v) is 15.7. The molecule has 1 aliphatic heterocycles. The molecular formula is C20H25N5O2. The number of guanidine groups is 1. The SMILES string of the molecule is CN=C(NCc1ccccc1[N+](=O)[O-])NC1CCN(c2ccc(C)cc2)C1. The smallest absolute Gasteiger partial charge is 0.274 e. The van der Waals surface area contributed by atoms with Gasteiger partial charge in [-0.15, -0.1) is 0 Å². The molecule has 3 rings (SSSR count). The van der Waals surface area contributed by atoms with Gasteiger partial charge in [-0.2, -0.15) is 0 Å². The lowest BCUT2D eigenvalue weighted by Gasteiger charge is -2.20. The second-order valence-corrected chi connectivity index (χ2v) is 6.72. The molecule has 1 saturated heterocycles. The van der Waals surface area contributed by atoms with Gasteiger partial charge in [0, 0.05) is 50.0 Å². The normalized spacial score (nSPS) is 17.0. The first-order valence-corrected chi connectivity index (χ1v) is 9.08. The number of anilines is 1. The van der Waals surface area contributed by atoms with Gasteiger partial charge in [0.25, 0.3) is 5.69 Å². The molecule has 1 unspecified atom stereocenters. The van der Waals surface area contributed by atoms with E-state index in [0.29, 0.717) is 18.1 Å². The molecule has 2 aromatic rings. The van der Waals surface area contributed by atoms with Gasteiger partial charge in [0.05, 0.1) is 4.92 Å². The standard InChI is InChI=1S/C20H25N5O2/c1-15-7-9-18(10-8-15)24-12-11-17(14-24)23-20(21-2)22-13-16-5-3-4-6-19(16)25(26)27/h3-10,17H,11-14H2,1-2H3,(H2,21,22,23). The van der Waals surface area contributed by atoms with Gasteiger partial charge in [0.15, 0.2) is 5.96 Å². The predicted molar refractivity (Wildman–Crippen MR) is 108 cm³/mol. The fourth-order valence-corrected chi connectivity index (χ4v) is 3.27. The van der Waals surface area contributed by atoms with Gasteiger partial charge in [-0.3, -0.25) is 15.1 Å². The number of nitrogens with one attached hydrogen (secondary N) is 2. The molecule has 1 atom stereocenters. The highest BCUT2D eigenvalue weighted by Gasteiger charge is 2.23.